The van der Waals surface area contributed by atoms with Crippen LogP contribution in [0.2, 0.25) is 0 Å². The maximum Gasteiger partial charge on any atom is 0.356 e. The number of carbonyl (C=O) groups is 1. The first-order valence-corrected chi connectivity index (χ1v) is 12.7. The number of nitrogens with zero attached hydrogens (tertiary/aromatic N) is 1. The third-order valence-electron chi connectivity index (χ3n) is 4.85. The largest absolute Gasteiger partial charge is 0.356 e. The van der Waals surface area contributed by atoms with Crippen molar-refractivity contribution in [3.05, 3.63) is 35.9 Å². The molecule has 0 heterocycles. The molecule has 0 fully saturated rings. The molecule has 0 bridgehead atoms. The average Bonchev–Trinajstić information content (AvgIpc) is 2.64. The van der Waals surface area contributed by atoms with Gasteiger partial charge in [-0.25, -0.2) is 0 Å². The van der Waals surface area contributed by atoms with Crippen molar-refractivity contribution >= 4 is 13.7 Å². The van der Waals surface area contributed by atoms with Gasteiger partial charge in [-0.1, -0.05) is 95.2 Å². The van der Waals surface area contributed by atoms with Crippen molar-refractivity contribution in [2.45, 2.75) is 78.8 Å². The van der Waals surface area contributed by atoms with Crippen LogP contribution in [0.5, 0.6) is 0 Å². The lowest BCUT2D eigenvalue weighted by Gasteiger charge is -2.27. The fraction of sp³-hybridized carbons (Fsp3) is 0.708. The minimum Gasteiger partial charge on any atom is -0.338 e. The van der Waals surface area contributed by atoms with Crippen molar-refractivity contribution in [2.75, 3.05) is 19.3 Å². The molecule has 2 unspecified atom stereocenters. The molecule has 4 heteroatoms. The standard InChI is InChI=1S/C24H41NO2P/c1-6-7-8-9-10-14-17-28(27)23(22-15-12-11-13-16-22)24(26)25(18-20(2)3)19-21(4)5/h11-13,15-16,20-21,23H,6-10,14,17-19H2,1-5H3/q+1. The van der Waals surface area contributed by atoms with Crippen molar-refractivity contribution in [3.8, 4) is 0 Å². The highest BCUT2D eigenvalue weighted by atomic mass is 31.1. The zero-order valence-corrected chi connectivity index (χ0v) is 19.6. The van der Waals surface area contributed by atoms with Crippen LogP contribution in [0.15, 0.2) is 30.3 Å². The zero-order valence-electron chi connectivity index (χ0n) is 18.7. The molecule has 1 aromatic carbocycles. The van der Waals surface area contributed by atoms with E-state index in [2.05, 4.69) is 34.6 Å². The Morgan fingerprint density at radius 2 is 1.43 bits per heavy atom. The number of carbonyl (C=O) groups excluding carboxylic acids is 1. The van der Waals surface area contributed by atoms with Gasteiger partial charge in [-0.05, 0) is 24.7 Å². The molecule has 158 valence electrons. The zero-order chi connectivity index (χ0) is 20.9. The van der Waals surface area contributed by atoms with Gasteiger partial charge in [0.05, 0.1) is 0 Å². The smallest absolute Gasteiger partial charge is 0.338 e. The van der Waals surface area contributed by atoms with E-state index in [0.717, 1.165) is 31.5 Å². The van der Waals surface area contributed by atoms with E-state index in [1.54, 1.807) is 0 Å². The minimum atomic E-state index is -1.61. The minimum absolute atomic E-state index is 0.0423. The van der Waals surface area contributed by atoms with Gasteiger partial charge in [0.2, 0.25) is 0 Å². The van der Waals surface area contributed by atoms with Crippen LogP contribution in [0.3, 0.4) is 0 Å². The molecule has 0 aliphatic rings. The second-order valence-electron chi connectivity index (χ2n) is 8.75. The van der Waals surface area contributed by atoms with E-state index >= 15 is 0 Å². The van der Waals surface area contributed by atoms with E-state index in [0.29, 0.717) is 18.0 Å². The van der Waals surface area contributed by atoms with E-state index in [4.69, 9.17) is 0 Å². The topological polar surface area (TPSA) is 37.4 Å². The molecule has 0 aliphatic carbocycles. The van der Waals surface area contributed by atoms with Gasteiger partial charge in [-0.2, -0.15) is 0 Å². The Hall–Kier alpha value is -1.21. The summed E-state index contributed by atoms with van der Waals surface area (Å²) < 4.78 is 13.3. The molecular formula is C24H41NO2P+. The van der Waals surface area contributed by atoms with Crippen molar-refractivity contribution < 1.29 is 9.36 Å². The van der Waals surface area contributed by atoms with Gasteiger partial charge in [0.1, 0.15) is 6.16 Å². The number of hydrogen-bond donors (Lipinski definition) is 0. The molecule has 1 aromatic rings. The first-order valence-electron chi connectivity index (χ1n) is 11.1. The van der Waals surface area contributed by atoms with Crippen molar-refractivity contribution in [3.63, 3.8) is 0 Å². The lowest BCUT2D eigenvalue weighted by molar-refractivity contribution is -0.132. The summed E-state index contributed by atoms with van der Waals surface area (Å²) in [5.41, 5.74) is 0.390. The summed E-state index contributed by atoms with van der Waals surface area (Å²) in [4.78, 5) is 15.4. The van der Waals surface area contributed by atoms with Gasteiger partial charge >= 0.3 is 7.80 Å². The summed E-state index contributed by atoms with van der Waals surface area (Å²) in [6.07, 6.45) is 7.67. The molecule has 2 atom stereocenters. The lowest BCUT2D eigenvalue weighted by Crippen LogP contribution is -2.39. The lowest BCUT2D eigenvalue weighted by atomic mass is 10.1. The predicted molar refractivity (Wildman–Crippen MR) is 121 cm³/mol. The Bertz CT molecular complexity index is 561. The van der Waals surface area contributed by atoms with Crippen molar-refractivity contribution in [1.82, 2.24) is 4.90 Å². The maximum atomic E-state index is 13.5. The van der Waals surface area contributed by atoms with Crippen LogP contribution in [-0.4, -0.2) is 30.1 Å². The number of benzene rings is 1. The van der Waals surface area contributed by atoms with E-state index < -0.39 is 13.5 Å². The monoisotopic (exact) mass is 406 g/mol. The Balaban J connectivity index is 2.89. The molecule has 28 heavy (non-hydrogen) atoms. The van der Waals surface area contributed by atoms with Gasteiger partial charge in [0.25, 0.3) is 11.6 Å². The van der Waals surface area contributed by atoms with E-state index in [1.165, 1.54) is 25.7 Å². The Morgan fingerprint density at radius 3 is 1.96 bits per heavy atom. The van der Waals surface area contributed by atoms with E-state index in [1.807, 2.05) is 35.2 Å². The van der Waals surface area contributed by atoms with Crippen molar-refractivity contribution in [1.29, 1.82) is 0 Å². The number of amides is 1. The van der Waals surface area contributed by atoms with Crippen LogP contribution in [0.1, 0.15) is 84.4 Å². The molecule has 1 amide bonds. The average molecular weight is 407 g/mol. The molecule has 3 nitrogen and oxygen atoms in total. The summed E-state index contributed by atoms with van der Waals surface area (Å²) in [7, 11) is -1.61. The second-order valence-corrected chi connectivity index (χ2v) is 10.6. The van der Waals surface area contributed by atoms with Crippen LogP contribution in [-0.2, 0) is 9.36 Å². The number of unbranched alkanes of at least 4 members (excludes halogenated alkanes) is 5. The Labute approximate surface area is 174 Å². The third kappa shape index (κ3) is 9.32. The fourth-order valence-electron chi connectivity index (χ4n) is 3.55. The summed E-state index contributed by atoms with van der Waals surface area (Å²) in [6.45, 7) is 12.2. The molecule has 0 saturated carbocycles. The van der Waals surface area contributed by atoms with E-state index in [9.17, 15) is 9.36 Å². The van der Waals surface area contributed by atoms with Crippen LogP contribution >= 0.6 is 7.80 Å². The van der Waals surface area contributed by atoms with Gasteiger partial charge in [-0.3, -0.25) is 4.79 Å². The Morgan fingerprint density at radius 1 is 0.893 bits per heavy atom. The quantitative estimate of drug-likeness (QED) is 0.245. The molecule has 0 aliphatic heterocycles. The van der Waals surface area contributed by atoms with Crippen LogP contribution in [0.25, 0.3) is 0 Å². The normalized spacial score (nSPS) is 13.0. The highest BCUT2D eigenvalue weighted by Crippen LogP contribution is 2.43. The highest BCUT2D eigenvalue weighted by Gasteiger charge is 2.41. The third-order valence-corrected chi connectivity index (χ3v) is 6.70. The van der Waals surface area contributed by atoms with Crippen LogP contribution in [0.4, 0.5) is 0 Å². The Kier molecular flexibility index (Phi) is 12.3. The number of hydrogen-bond acceptors (Lipinski definition) is 2. The predicted octanol–water partition coefficient (Wildman–Crippen LogP) is 7.06. The fourth-order valence-corrected chi connectivity index (χ4v) is 5.26. The molecule has 0 radical (unpaired) electrons. The summed E-state index contributed by atoms with van der Waals surface area (Å²) >= 11 is 0. The van der Waals surface area contributed by atoms with Gasteiger partial charge in [0.15, 0.2) is 0 Å². The molecule has 0 N–H and O–H groups in total. The molecular weight excluding hydrogens is 365 g/mol. The first kappa shape index (κ1) is 24.8. The van der Waals surface area contributed by atoms with Crippen LogP contribution in [0, 0.1) is 11.8 Å². The van der Waals surface area contributed by atoms with Gasteiger partial charge < -0.3 is 4.90 Å². The summed E-state index contributed by atoms with van der Waals surface area (Å²) in [6, 6.07) is 9.75. The van der Waals surface area contributed by atoms with Crippen molar-refractivity contribution in [2.24, 2.45) is 11.8 Å². The first-order chi connectivity index (χ1) is 13.4. The highest BCUT2D eigenvalue weighted by molar-refractivity contribution is 7.46. The molecule has 0 spiro atoms. The molecule has 0 saturated heterocycles. The molecule has 1 rings (SSSR count). The number of rotatable bonds is 14. The summed E-state index contributed by atoms with van der Waals surface area (Å²) in [5.74, 6) is 0.840. The summed E-state index contributed by atoms with van der Waals surface area (Å²) in [5, 5.41) is 0. The maximum absolute atomic E-state index is 13.5. The van der Waals surface area contributed by atoms with Gasteiger partial charge in [-0.15, -0.1) is 0 Å². The van der Waals surface area contributed by atoms with Gasteiger partial charge in [0, 0.05) is 18.7 Å². The van der Waals surface area contributed by atoms with E-state index in [-0.39, 0.29) is 5.91 Å². The molecule has 0 aromatic heterocycles. The second kappa shape index (κ2) is 13.9. The SMILES string of the molecule is CCCCCCCC[P+](=O)C(C(=O)N(CC(C)C)CC(C)C)c1ccccc1. The van der Waals surface area contributed by atoms with Crippen LogP contribution < -0.4 is 0 Å².